The number of phenols is 3. The first-order valence-corrected chi connectivity index (χ1v) is 6.89. The molecule has 2 rings (SSSR count). The number of carbonyl (C=O) groups is 1. The second-order valence-corrected chi connectivity index (χ2v) is 4.91. The summed E-state index contributed by atoms with van der Waals surface area (Å²) in [6.07, 6.45) is 1.36. The van der Waals surface area contributed by atoms with Gasteiger partial charge in [0.05, 0.1) is 11.7 Å². The maximum atomic E-state index is 12.4. The molecule has 6 N–H and O–H groups in total. The molecular weight excluding hydrogens is 298 g/mol. The summed E-state index contributed by atoms with van der Waals surface area (Å²) >= 11 is 0. The third kappa shape index (κ3) is 3.50. The van der Waals surface area contributed by atoms with E-state index in [0.717, 1.165) is 6.08 Å². The molecule has 1 atom stereocenters. The standard InChI is InChI=1S/C17H17NO5/c18-9-15(22)11-6-8-14(21)17(23)16(11)13(20)7-5-10-3-1-2-4-12(10)19/h1-8,15,19,21-23H,9,18H2/b7-5+/t15-/m1/s1. The molecule has 6 nitrogen and oxygen atoms in total. The number of benzene rings is 2. The van der Waals surface area contributed by atoms with Crippen molar-refractivity contribution in [3.63, 3.8) is 0 Å². The fourth-order valence-corrected chi connectivity index (χ4v) is 2.14. The summed E-state index contributed by atoms with van der Waals surface area (Å²) in [6.45, 7) is -0.145. The number of hydrogen-bond acceptors (Lipinski definition) is 6. The summed E-state index contributed by atoms with van der Waals surface area (Å²) in [6, 6.07) is 8.92. The van der Waals surface area contributed by atoms with Gasteiger partial charge in [-0.25, -0.2) is 0 Å². The molecule has 2 aromatic rings. The molecule has 23 heavy (non-hydrogen) atoms. The first-order valence-electron chi connectivity index (χ1n) is 6.89. The van der Waals surface area contributed by atoms with Crippen molar-refractivity contribution in [2.24, 2.45) is 5.73 Å². The fraction of sp³-hybridized carbons (Fsp3) is 0.118. The van der Waals surface area contributed by atoms with Gasteiger partial charge in [0.25, 0.3) is 0 Å². The lowest BCUT2D eigenvalue weighted by Gasteiger charge is -2.14. The zero-order valence-corrected chi connectivity index (χ0v) is 12.2. The minimum Gasteiger partial charge on any atom is -0.507 e. The van der Waals surface area contributed by atoms with E-state index in [9.17, 15) is 25.2 Å². The molecule has 2 aromatic carbocycles. The minimum absolute atomic E-state index is 0.00102. The molecule has 0 radical (unpaired) electrons. The molecule has 0 amide bonds. The van der Waals surface area contributed by atoms with Crippen LogP contribution in [0.15, 0.2) is 42.5 Å². The number of rotatable bonds is 5. The van der Waals surface area contributed by atoms with Gasteiger partial charge in [0, 0.05) is 12.1 Å². The van der Waals surface area contributed by atoms with E-state index in [-0.39, 0.29) is 23.4 Å². The van der Waals surface area contributed by atoms with Crippen LogP contribution in [0.2, 0.25) is 0 Å². The first-order chi connectivity index (χ1) is 11.0. The Bertz CT molecular complexity index is 755. The molecule has 0 heterocycles. The molecule has 0 bridgehead atoms. The normalized spacial score (nSPS) is 12.4. The van der Waals surface area contributed by atoms with Gasteiger partial charge >= 0.3 is 0 Å². The number of hydrogen-bond donors (Lipinski definition) is 5. The Kier molecular flexibility index (Phi) is 5.00. The second-order valence-electron chi connectivity index (χ2n) is 4.91. The van der Waals surface area contributed by atoms with Crippen LogP contribution in [0.25, 0.3) is 6.08 Å². The number of phenolic OH excluding ortho intramolecular Hbond substituents is 3. The summed E-state index contributed by atoms with van der Waals surface area (Å²) in [4.78, 5) is 12.4. The van der Waals surface area contributed by atoms with E-state index in [0.29, 0.717) is 5.56 Å². The van der Waals surface area contributed by atoms with Crippen LogP contribution in [-0.4, -0.2) is 32.8 Å². The van der Waals surface area contributed by atoms with Crippen molar-refractivity contribution in [1.82, 2.24) is 0 Å². The van der Waals surface area contributed by atoms with Gasteiger partial charge in [-0.3, -0.25) is 4.79 Å². The van der Waals surface area contributed by atoms with Crippen LogP contribution in [0.4, 0.5) is 0 Å². The van der Waals surface area contributed by atoms with E-state index in [1.807, 2.05) is 0 Å². The molecule has 0 saturated carbocycles. The van der Waals surface area contributed by atoms with Gasteiger partial charge in [0.2, 0.25) is 0 Å². The van der Waals surface area contributed by atoms with E-state index >= 15 is 0 Å². The predicted molar refractivity (Wildman–Crippen MR) is 85.3 cm³/mol. The second kappa shape index (κ2) is 6.95. The Labute approximate surface area is 132 Å². The molecule has 0 aromatic heterocycles. The zero-order chi connectivity index (χ0) is 17.0. The lowest BCUT2D eigenvalue weighted by Crippen LogP contribution is -2.15. The Morgan fingerprint density at radius 3 is 2.43 bits per heavy atom. The minimum atomic E-state index is -1.15. The van der Waals surface area contributed by atoms with Gasteiger partial charge in [0.1, 0.15) is 5.75 Å². The number of allylic oxidation sites excluding steroid dienone is 1. The van der Waals surface area contributed by atoms with Crippen molar-refractivity contribution in [3.05, 3.63) is 59.2 Å². The van der Waals surface area contributed by atoms with Crippen molar-refractivity contribution in [1.29, 1.82) is 0 Å². The van der Waals surface area contributed by atoms with E-state index in [4.69, 9.17) is 5.73 Å². The van der Waals surface area contributed by atoms with Crippen molar-refractivity contribution in [3.8, 4) is 17.2 Å². The van der Waals surface area contributed by atoms with Gasteiger partial charge in [-0.1, -0.05) is 24.3 Å². The van der Waals surface area contributed by atoms with E-state index in [1.165, 1.54) is 24.3 Å². The molecule has 0 spiro atoms. The van der Waals surface area contributed by atoms with Gasteiger partial charge < -0.3 is 26.2 Å². The number of aliphatic hydroxyl groups excluding tert-OH is 1. The lowest BCUT2D eigenvalue weighted by atomic mass is 9.96. The van der Waals surface area contributed by atoms with Crippen molar-refractivity contribution in [2.75, 3.05) is 6.54 Å². The Morgan fingerprint density at radius 2 is 1.78 bits per heavy atom. The third-order valence-corrected chi connectivity index (χ3v) is 3.37. The topological polar surface area (TPSA) is 124 Å². The van der Waals surface area contributed by atoms with Gasteiger partial charge in [-0.15, -0.1) is 0 Å². The Morgan fingerprint density at radius 1 is 1.09 bits per heavy atom. The Balaban J connectivity index is 2.43. The molecule has 0 aliphatic heterocycles. The molecule has 0 unspecified atom stereocenters. The van der Waals surface area contributed by atoms with Crippen LogP contribution in [0, 0.1) is 0 Å². The Hall–Kier alpha value is -2.83. The molecule has 6 heteroatoms. The fourth-order valence-electron chi connectivity index (χ4n) is 2.14. The van der Waals surface area contributed by atoms with Crippen LogP contribution in [0.3, 0.4) is 0 Å². The lowest BCUT2D eigenvalue weighted by molar-refractivity contribution is 0.103. The maximum absolute atomic E-state index is 12.4. The maximum Gasteiger partial charge on any atom is 0.190 e. The highest BCUT2D eigenvalue weighted by Gasteiger charge is 2.21. The number of aliphatic hydroxyl groups is 1. The van der Waals surface area contributed by atoms with E-state index in [2.05, 4.69) is 0 Å². The summed E-state index contributed by atoms with van der Waals surface area (Å²) in [5, 5.41) is 39.1. The SMILES string of the molecule is NC[C@@H](O)c1ccc(O)c(O)c1C(=O)/C=C/c1ccccc1O. The largest absolute Gasteiger partial charge is 0.507 e. The van der Waals surface area contributed by atoms with Crippen LogP contribution < -0.4 is 5.73 Å². The summed E-state index contributed by atoms with van der Waals surface area (Å²) in [7, 11) is 0. The highest BCUT2D eigenvalue weighted by Crippen LogP contribution is 2.34. The van der Waals surface area contributed by atoms with Crippen LogP contribution in [0.1, 0.15) is 27.6 Å². The monoisotopic (exact) mass is 315 g/mol. The third-order valence-electron chi connectivity index (χ3n) is 3.37. The number of carbonyl (C=O) groups excluding carboxylic acids is 1. The summed E-state index contributed by atoms with van der Waals surface area (Å²) in [5.41, 5.74) is 5.70. The van der Waals surface area contributed by atoms with E-state index in [1.54, 1.807) is 18.2 Å². The first kappa shape index (κ1) is 16.5. The summed E-state index contributed by atoms with van der Waals surface area (Å²) < 4.78 is 0. The molecule has 0 aliphatic rings. The van der Waals surface area contributed by atoms with Gasteiger partial charge in [0.15, 0.2) is 17.3 Å². The highest BCUT2D eigenvalue weighted by molar-refractivity contribution is 6.10. The van der Waals surface area contributed by atoms with Crippen LogP contribution >= 0.6 is 0 Å². The number of nitrogens with two attached hydrogens (primary N) is 1. The van der Waals surface area contributed by atoms with E-state index < -0.39 is 23.4 Å². The smallest absolute Gasteiger partial charge is 0.190 e. The van der Waals surface area contributed by atoms with Crippen molar-refractivity contribution < 1.29 is 25.2 Å². The molecular formula is C17H17NO5. The van der Waals surface area contributed by atoms with Crippen LogP contribution in [0.5, 0.6) is 17.2 Å². The predicted octanol–water partition coefficient (Wildman–Crippen LogP) is 1.69. The number of para-hydroxylation sites is 1. The highest BCUT2D eigenvalue weighted by atomic mass is 16.3. The van der Waals surface area contributed by atoms with Crippen molar-refractivity contribution in [2.45, 2.75) is 6.10 Å². The molecule has 0 fully saturated rings. The quantitative estimate of drug-likeness (QED) is 0.325. The average molecular weight is 315 g/mol. The summed E-state index contributed by atoms with van der Waals surface area (Å²) in [5.74, 6) is -1.73. The van der Waals surface area contributed by atoms with Crippen molar-refractivity contribution >= 4 is 11.9 Å². The van der Waals surface area contributed by atoms with Gasteiger partial charge in [-0.05, 0) is 29.8 Å². The molecule has 0 aliphatic carbocycles. The average Bonchev–Trinajstić information content (AvgIpc) is 2.55. The number of aromatic hydroxyl groups is 3. The van der Waals surface area contributed by atoms with Gasteiger partial charge in [-0.2, -0.15) is 0 Å². The molecule has 0 saturated heterocycles. The molecule has 120 valence electrons. The zero-order valence-electron chi connectivity index (χ0n) is 12.2. The van der Waals surface area contributed by atoms with Crippen LogP contribution in [-0.2, 0) is 0 Å². The number of ketones is 1.